The maximum atomic E-state index is 11.5. The molecule has 0 aromatic carbocycles. The van der Waals surface area contributed by atoms with E-state index in [1.165, 1.54) is 20.5 Å². The Labute approximate surface area is 109 Å². The summed E-state index contributed by atoms with van der Waals surface area (Å²) in [5.41, 5.74) is 0. The minimum absolute atomic E-state index is 0.0713. The summed E-state index contributed by atoms with van der Waals surface area (Å²) >= 11 is 0. The Hall–Kier alpha value is -0.820. The van der Waals surface area contributed by atoms with Gasteiger partial charge >= 0.3 is 6.03 Å². The summed E-state index contributed by atoms with van der Waals surface area (Å²) in [5, 5.41) is 5.46. The van der Waals surface area contributed by atoms with E-state index in [-0.39, 0.29) is 24.4 Å². The van der Waals surface area contributed by atoms with Gasteiger partial charge in [-0.05, 0) is 12.8 Å². The monoisotopic (exact) mass is 277 g/mol. The van der Waals surface area contributed by atoms with Gasteiger partial charge in [-0.3, -0.25) is 0 Å². The molecule has 0 spiro atoms. The van der Waals surface area contributed by atoms with Gasteiger partial charge in [0.2, 0.25) is 10.0 Å². The van der Waals surface area contributed by atoms with E-state index in [9.17, 15) is 13.2 Å². The van der Waals surface area contributed by atoms with Crippen molar-refractivity contribution in [3.05, 3.63) is 0 Å². The van der Waals surface area contributed by atoms with Gasteiger partial charge in [0, 0.05) is 26.7 Å². The van der Waals surface area contributed by atoms with E-state index < -0.39 is 10.0 Å². The summed E-state index contributed by atoms with van der Waals surface area (Å²) in [6.07, 6.45) is 5.58. The van der Waals surface area contributed by atoms with Crippen LogP contribution in [0.25, 0.3) is 0 Å². The fourth-order valence-corrected chi connectivity index (χ4v) is 2.68. The molecule has 0 radical (unpaired) electrons. The summed E-state index contributed by atoms with van der Waals surface area (Å²) in [5.74, 6) is -0.0713. The lowest BCUT2D eigenvalue weighted by Crippen LogP contribution is -2.44. The van der Waals surface area contributed by atoms with E-state index in [4.69, 9.17) is 0 Å². The first-order valence-electron chi connectivity index (χ1n) is 6.36. The normalized spacial score (nSPS) is 17.7. The Kier molecular flexibility index (Phi) is 5.87. The number of nitrogens with one attached hydrogen (secondary N) is 2. The van der Waals surface area contributed by atoms with Gasteiger partial charge in [0.05, 0.1) is 5.75 Å². The van der Waals surface area contributed by atoms with Crippen molar-refractivity contribution >= 4 is 16.1 Å². The van der Waals surface area contributed by atoms with Crippen LogP contribution >= 0.6 is 0 Å². The van der Waals surface area contributed by atoms with Gasteiger partial charge in [-0.25, -0.2) is 17.5 Å². The minimum atomic E-state index is -3.24. The molecule has 0 aromatic heterocycles. The van der Waals surface area contributed by atoms with Crippen molar-refractivity contribution in [2.45, 2.75) is 38.1 Å². The SMILES string of the molecule is CN(C)S(=O)(=O)CCNC(=O)NC1CCCCC1. The molecule has 0 aromatic rings. The molecular weight excluding hydrogens is 254 g/mol. The zero-order valence-corrected chi connectivity index (χ0v) is 11.9. The molecule has 0 heterocycles. The lowest BCUT2D eigenvalue weighted by molar-refractivity contribution is 0.233. The topological polar surface area (TPSA) is 78.5 Å². The molecule has 1 saturated carbocycles. The molecular formula is C11H23N3O3S. The first-order chi connectivity index (χ1) is 8.42. The second-order valence-corrected chi connectivity index (χ2v) is 7.14. The van der Waals surface area contributed by atoms with Crippen LogP contribution in [0, 0.1) is 0 Å². The molecule has 7 heteroatoms. The van der Waals surface area contributed by atoms with Crippen molar-refractivity contribution in [1.29, 1.82) is 0 Å². The number of hydrogen-bond donors (Lipinski definition) is 2. The quantitative estimate of drug-likeness (QED) is 0.768. The van der Waals surface area contributed by atoms with Crippen molar-refractivity contribution in [2.75, 3.05) is 26.4 Å². The molecule has 106 valence electrons. The molecule has 1 aliphatic carbocycles. The largest absolute Gasteiger partial charge is 0.337 e. The zero-order chi connectivity index (χ0) is 13.6. The Morgan fingerprint density at radius 2 is 1.83 bits per heavy atom. The van der Waals surface area contributed by atoms with E-state index in [0.29, 0.717) is 0 Å². The van der Waals surface area contributed by atoms with Crippen molar-refractivity contribution in [2.24, 2.45) is 0 Å². The molecule has 0 saturated heterocycles. The highest BCUT2D eigenvalue weighted by molar-refractivity contribution is 7.89. The van der Waals surface area contributed by atoms with Crippen molar-refractivity contribution in [3.63, 3.8) is 0 Å². The summed E-state index contributed by atoms with van der Waals surface area (Å²) in [4.78, 5) is 11.5. The molecule has 1 aliphatic rings. The fraction of sp³-hybridized carbons (Fsp3) is 0.909. The van der Waals surface area contributed by atoms with Gasteiger partial charge in [0.15, 0.2) is 0 Å². The first-order valence-corrected chi connectivity index (χ1v) is 7.97. The highest BCUT2D eigenvalue weighted by Gasteiger charge is 2.17. The molecule has 0 aliphatic heterocycles. The fourth-order valence-electron chi connectivity index (χ4n) is 1.96. The van der Waals surface area contributed by atoms with E-state index >= 15 is 0 Å². The number of nitrogens with zero attached hydrogens (tertiary/aromatic N) is 1. The van der Waals surface area contributed by atoms with Crippen molar-refractivity contribution in [1.82, 2.24) is 14.9 Å². The van der Waals surface area contributed by atoms with Gasteiger partial charge in [0.25, 0.3) is 0 Å². The summed E-state index contributed by atoms with van der Waals surface area (Å²) < 4.78 is 24.1. The van der Waals surface area contributed by atoms with Gasteiger partial charge in [-0.2, -0.15) is 0 Å². The molecule has 2 amide bonds. The molecule has 6 nitrogen and oxygen atoms in total. The Morgan fingerprint density at radius 3 is 2.39 bits per heavy atom. The molecule has 0 atom stereocenters. The van der Waals surface area contributed by atoms with E-state index in [2.05, 4.69) is 10.6 Å². The number of urea groups is 1. The maximum Gasteiger partial charge on any atom is 0.315 e. The second-order valence-electron chi connectivity index (χ2n) is 4.83. The summed E-state index contributed by atoms with van der Waals surface area (Å²) in [6.45, 7) is 0.138. The molecule has 2 N–H and O–H groups in total. The average Bonchev–Trinajstić information content (AvgIpc) is 2.29. The third-order valence-electron chi connectivity index (χ3n) is 3.14. The van der Waals surface area contributed by atoms with Crippen LogP contribution in [-0.2, 0) is 10.0 Å². The van der Waals surface area contributed by atoms with Crippen LogP contribution in [0.3, 0.4) is 0 Å². The number of sulfonamides is 1. The highest BCUT2D eigenvalue weighted by atomic mass is 32.2. The van der Waals surface area contributed by atoms with Crippen LogP contribution in [0.2, 0.25) is 0 Å². The smallest absolute Gasteiger partial charge is 0.315 e. The van der Waals surface area contributed by atoms with E-state index in [1.54, 1.807) is 0 Å². The van der Waals surface area contributed by atoms with Gasteiger partial charge < -0.3 is 10.6 Å². The predicted octanol–water partition coefficient (Wildman–Crippen LogP) is 0.510. The third kappa shape index (κ3) is 5.22. The number of rotatable bonds is 5. The van der Waals surface area contributed by atoms with Gasteiger partial charge in [-0.15, -0.1) is 0 Å². The number of hydrogen-bond acceptors (Lipinski definition) is 3. The predicted molar refractivity (Wildman–Crippen MR) is 70.9 cm³/mol. The number of carbonyl (C=O) groups is 1. The van der Waals surface area contributed by atoms with E-state index in [1.807, 2.05) is 0 Å². The van der Waals surface area contributed by atoms with Crippen LogP contribution in [0.1, 0.15) is 32.1 Å². The molecule has 18 heavy (non-hydrogen) atoms. The molecule has 1 fully saturated rings. The summed E-state index contributed by atoms with van der Waals surface area (Å²) in [6, 6.07) is -0.0277. The van der Waals surface area contributed by atoms with Crippen LogP contribution in [-0.4, -0.2) is 51.2 Å². The van der Waals surface area contributed by atoms with Crippen molar-refractivity contribution < 1.29 is 13.2 Å². The average molecular weight is 277 g/mol. The van der Waals surface area contributed by atoms with Crippen LogP contribution < -0.4 is 10.6 Å². The molecule has 0 unspecified atom stereocenters. The Morgan fingerprint density at radius 1 is 1.22 bits per heavy atom. The van der Waals surface area contributed by atoms with Crippen LogP contribution in [0.5, 0.6) is 0 Å². The number of amides is 2. The molecule has 0 bridgehead atoms. The molecule has 1 rings (SSSR count). The number of carbonyl (C=O) groups excluding carboxylic acids is 1. The second kappa shape index (κ2) is 6.94. The lowest BCUT2D eigenvalue weighted by Gasteiger charge is -2.22. The highest BCUT2D eigenvalue weighted by Crippen LogP contribution is 2.16. The van der Waals surface area contributed by atoms with Crippen LogP contribution in [0.4, 0.5) is 4.79 Å². The summed E-state index contributed by atoms with van der Waals surface area (Å²) in [7, 11) is -0.269. The zero-order valence-electron chi connectivity index (χ0n) is 11.1. The van der Waals surface area contributed by atoms with Gasteiger partial charge in [-0.1, -0.05) is 19.3 Å². The minimum Gasteiger partial charge on any atom is -0.337 e. The Bertz CT molecular complexity index is 362. The standard InChI is InChI=1S/C11H23N3O3S/c1-14(2)18(16,17)9-8-12-11(15)13-10-6-4-3-5-7-10/h10H,3-9H2,1-2H3,(H2,12,13,15). The maximum absolute atomic E-state index is 11.5. The van der Waals surface area contributed by atoms with E-state index in [0.717, 1.165) is 30.0 Å². The lowest BCUT2D eigenvalue weighted by atomic mass is 9.96. The first kappa shape index (κ1) is 15.2. The third-order valence-corrected chi connectivity index (χ3v) is 4.98. The Balaban J connectivity index is 2.21. The van der Waals surface area contributed by atoms with Gasteiger partial charge in [0.1, 0.15) is 0 Å². The van der Waals surface area contributed by atoms with Crippen molar-refractivity contribution in [3.8, 4) is 0 Å². The van der Waals surface area contributed by atoms with Crippen LogP contribution in [0.15, 0.2) is 0 Å².